The van der Waals surface area contributed by atoms with E-state index in [1.807, 2.05) is 6.20 Å². The average Bonchev–Trinajstić information content (AvgIpc) is 2.74. The number of pyridine rings is 1. The SMILES string of the molecule is CC(C)CCNc1ncnc2ccc(-c3ccc(N4CCNCC4)nc3)cc12. The van der Waals surface area contributed by atoms with Crippen LogP contribution in [0.3, 0.4) is 0 Å². The lowest BCUT2D eigenvalue weighted by Gasteiger charge is -2.28. The number of nitrogens with one attached hydrogen (secondary N) is 2. The second kappa shape index (κ2) is 8.52. The molecule has 28 heavy (non-hydrogen) atoms. The van der Waals surface area contributed by atoms with Crippen LogP contribution in [0, 0.1) is 5.92 Å². The van der Waals surface area contributed by atoms with Crippen LogP contribution in [0.25, 0.3) is 22.0 Å². The maximum atomic E-state index is 4.70. The van der Waals surface area contributed by atoms with Crippen LogP contribution in [0.2, 0.25) is 0 Å². The van der Waals surface area contributed by atoms with Gasteiger partial charge >= 0.3 is 0 Å². The summed E-state index contributed by atoms with van der Waals surface area (Å²) >= 11 is 0. The number of hydrogen-bond acceptors (Lipinski definition) is 6. The van der Waals surface area contributed by atoms with Gasteiger partial charge in [-0.25, -0.2) is 15.0 Å². The number of benzene rings is 1. The zero-order chi connectivity index (χ0) is 19.3. The number of hydrogen-bond donors (Lipinski definition) is 2. The molecule has 2 N–H and O–H groups in total. The van der Waals surface area contributed by atoms with Crippen molar-refractivity contribution in [2.24, 2.45) is 5.92 Å². The van der Waals surface area contributed by atoms with E-state index >= 15 is 0 Å². The Morgan fingerprint density at radius 3 is 2.61 bits per heavy atom. The molecule has 6 heteroatoms. The fraction of sp³-hybridized carbons (Fsp3) is 0.409. The highest BCUT2D eigenvalue weighted by molar-refractivity contribution is 5.92. The van der Waals surface area contributed by atoms with Crippen molar-refractivity contribution in [3.05, 3.63) is 42.9 Å². The van der Waals surface area contributed by atoms with Crippen LogP contribution in [0.15, 0.2) is 42.9 Å². The molecule has 0 aliphatic carbocycles. The molecule has 6 nitrogen and oxygen atoms in total. The van der Waals surface area contributed by atoms with Gasteiger partial charge in [-0.2, -0.15) is 0 Å². The summed E-state index contributed by atoms with van der Waals surface area (Å²) in [4.78, 5) is 15.9. The summed E-state index contributed by atoms with van der Waals surface area (Å²) in [5.41, 5.74) is 3.20. The number of fused-ring (bicyclic) bond motifs is 1. The van der Waals surface area contributed by atoms with Crippen LogP contribution in [0.5, 0.6) is 0 Å². The molecule has 0 saturated carbocycles. The topological polar surface area (TPSA) is 66.0 Å². The van der Waals surface area contributed by atoms with Gasteiger partial charge in [-0.1, -0.05) is 19.9 Å². The van der Waals surface area contributed by atoms with Gasteiger partial charge in [-0.3, -0.25) is 0 Å². The number of rotatable bonds is 6. The van der Waals surface area contributed by atoms with Crippen LogP contribution in [0.4, 0.5) is 11.6 Å². The van der Waals surface area contributed by atoms with Crippen LogP contribution in [-0.4, -0.2) is 47.7 Å². The van der Waals surface area contributed by atoms with E-state index in [1.54, 1.807) is 6.33 Å². The van der Waals surface area contributed by atoms with Crippen molar-refractivity contribution in [3.8, 4) is 11.1 Å². The van der Waals surface area contributed by atoms with E-state index in [2.05, 4.69) is 69.7 Å². The minimum atomic E-state index is 0.663. The fourth-order valence-corrected chi connectivity index (χ4v) is 3.49. The Balaban J connectivity index is 1.58. The fourth-order valence-electron chi connectivity index (χ4n) is 3.49. The highest BCUT2D eigenvalue weighted by atomic mass is 15.2. The molecule has 0 atom stereocenters. The molecule has 0 radical (unpaired) electrons. The van der Waals surface area contributed by atoms with Crippen molar-refractivity contribution >= 4 is 22.5 Å². The van der Waals surface area contributed by atoms with E-state index in [1.165, 1.54) is 0 Å². The minimum absolute atomic E-state index is 0.663. The van der Waals surface area contributed by atoms with Crippen LogP contribution in [0.1, 0.15) is 20.3 Å². The van der Waals surface area contributed by atoms with Crippen molar-refractivity contribution < 1.29 is 0 Å². The number of piperazine rings is 1. The Hall–Kier alpha value is -2.73. The Bertz CT molecular complexity index is 916. The summed E-state index contributed by atoms with van der Waals surface area (Å²) in [5.74, 6) is 2.61. The highest BCUT2D eigenvalue weighted by Gasteiger charge is 2.12. The molecule has 2 aromatic heterocycles. The summed E-state index contributed by atoms with van der Waals surface area (Å²) in [5, 5.41) is 7.90. The largest absolute Gasteiger partial charge is 0.369 e. The highest BCUT2D eigenvalue weighted by Crippen LogP contribution is 2.27. The van der Waals surface area contributed by atoms with Gasteiger partial charge < -0.3 is 15.5 Å². The maximum absolute atomic E-state index is 4.70. The van der Waals surface area contributed by atoms with Gasteiger partial charge in [0.15, 0.2) is 0 Å². The molecule has 146 valence electrons. The van der Waals surface area contributed by atoms with Crippen LogP contribution < -0.4 is 15.5 Å². The molecule has 1 saturated heterocycles. The Morgan fingerprint density at radius 1 is 1.04 bits per heavy atom. The second-order valence-corrected chi connectivity index (χ2v) is 7.71. The van der Waals surface area contributed by atoms with E-state index in [0.717, 1.165) is 72.8 Å². The minimum Gasteiger partial charge on any atom is -0.369 e. The average molecular weight is 377 g/mol. The van der Waals surface area contributed by atoms with Crippen LogP contribution in [-0.2, 0) is 0 Å². The number of nitrogens with zero attached hydrogens (tertiary/aromatic N) is 4. The van der Waals surface area contributed by atoms with Crippen LogP contribution >= 0.6 is 0 Å². The molecule has 1 aliphatic rings. The third-order valence-corrected chi connectivity index (χ3v) is 5.17. The maximum Gasteiger partial charge on any atom is 0.137 e. The molecule has 1 aromatic carbocycles. The molecule has 0 spiro atoms. The molecule has 4 rings (SSSR count). The quantitative estimate of drug-likeness (QED) is 0.686. The lowest BCUT2D eigenvalue weighted by atomic mass is 10.0. The summed E-state index contributed by atoms with van der Waals surface area (Å²) in [6, 6.07) is 10.6. The van der Waals surface area contributed by atoms with Crippen molar-refractivity contribution in [2.45, 2.75) is 20.3 Å². The number of aromatic nitrogens is 3. The molecular formula is C22H28N6. The molecule has 1 aliphatic heterocycles. The molecule has 1 fully saturated rings. The van der Waals surface area contributed by atoms with E-state index in [9.17, 15) is 0 Å². The second-order valence-electron chi connectivity index (χ2n) is 7.71. The number of anilines is 2. The zero-order valence-electron chi connectivity index (χ0n) is 16.7. The lowest BCUT2D eigenvalue weighted by molar-refractivity contribution is 0.585. The first-order valence-electron chi connectivity index (χ1n) is 10.1. The van der Waals surface area contributed by atoms with E-state index in [0.29, 0.717) is 5.92 Å². The first-order valence-corrected chi connectivity index (χ1v) is 10.1. The predicted molar refractivity (Wildman–Crippen MR) is 116 cm³/mol. The first-order chi connectivity index (χ1) is 13.7. The summed E-state index contributed by atoms with van der Waals surface area (Å²) in [6.07, 6.45) is 4.71. The lowest BCUT2D eigenvalue weighted by Crippen LogP contribution is -2.43. The van der Waals surface area contributed by atoms with Gasteiger partial charge in [-0.15, -0.1) is 0 Å². The van der Waals surface area contributed by atoms with Gasteiger partial charge in [-0.05, 0) is 42.2 Å². The first kappa shape index (κ1) is 18.6. The predicted octanol–water partition coefficient (Wildman–Crippen LogP) is 3.56. The van der Waals surface area contributed by atoms with Crippen molar-refractivity contribution in [2.75, 3.05) is 42.9 Å². The van der Waals surface area contributed by atoms with Crippen molar-refractivity contribution in [3.63, 3.8) is 0 Å². The van der Waals surface area contributed by atoms with Crippen molar-refractivity contribution in [1.29, 1.82) is 0 Å². The van der Waals surface area contributed by atoms with Gasteiger partial charge in [0.2, 0.25) is 0 Å². The Kier molecular flexibility index (Phi) is 5.67. The van der Waals surface area contributed by atoms with Gasteiger partial charge in [0, 0.05) is 49.9 Å². The Morgan fingerprint density at radius 2 is 1.86 bits per heavy atom. The smallest absolute Gasteiger partial charge is 0.137 e. The van der Waals surface area contributed by atoms with Gasteiger partial charge in [0.05, 0.1) is 5.52 Å². The monoisotopic (exact) mass is 376 g/mol. The van der Waals surface area contributed by atoms with Gasteiger partial charge in [0.25, 0.3) is 0 Å². The standard InChI is InChI=1S/C22H28N6/c1-16(2)7-8-24-22-19-13-17(3-5-20(19)26-15-27-22)18-4-6-21(25-14-18)28-11-9-23-10-12-28/h3-6,13-16,23H,7-12H2,1-2H3,(H,24,26,27). The third-order valence-electron chi connectivity index (χ3n) is 5.17. The Labute approximate surface area is 166 Å². The molecule has 0 unspecified atom stereocenters. The molecule has 0 bridgehead atoms. The molecule has 3 heterocycles. The zero-order valence-corrected chi connectivity index (χ0v) is 16.7. The third kappa shape index (κ3) is 4.22. The van der Waals surface area contributed by atoms with E-state index in [-0.39, 0.29) is 0 Å². The molecular weight excluding hydrogens is 348 g/mol. The molecule has 0 amide bonds. The molecule has 3 aromatic rings. The normalized spacial score (nSPS) is 14.6. The summed E-state index contributed by atoms with van der Waals surface area (Å²) in [7, 11) is 0. The van der Waals surface area contributed by atoms with E-state index < -0.39 is 0 Å². The summed E-state index contributed by atoms with van der Waals surface area (Å²) in [6.45, 7) is 9.41. The van der Waals surface area contributed by atoms with E-state index in [4.69, 9.17) is 4.98 Å². The van der Waals surface area contributed by atoms with Gasteiger partial charge in [0.1, 0.15) is 18.0 Å². The summed E-state index contributed by atoms with van der Waals surface area (Å²) < 4.78 is 0. The van der Waals surface area contributed by atoms with Crippen molar-refractivity contribution in [1.82, 2.24) is 20.3 Å².